The Bertz CT molecular complexity index is 450. The first kappa shape index (κ1) is 9.65. The van der Waals surface area contributed by atoms with Gasteiger partial charge in [0.2, 0.25) is 0 Å². The summed E-state index contributed by atoms with van der Waals surface area (Å²) in [6.07, 6.45) is 0. The minimum atomic E-state index is 0.100. The summed E-state index contributed by atoms with van der Waals surface area (Å²) in [5.41, 5.74) is 0.988. The molecule has 0 aliphatic carbocycles. The van der Waals surface area contributed by atoms with Crippen LogP contribution in [0.2, 0.25) is 0 Å². The topological polar surface area (TPSA) is 20.2 Å². The molecule has 4 heteroatoms. The predicted octanol–water partition coefficient (Wildman–Crippen LogP) is 3.92. The summed E-state index contributed by atoms with van der Waals surface area (Å²) in [6, 6.07) is 4.04. The van der Waals surface area contributed by atoms with Crippen LogP contribution in [0.4, 0.5) is 0 Å². The van der Waals surface area contributed by atoms with Crippen LogP contribution in [0, 0.1) is 0 Å². The van der Waals surface area contributed by atoms with E-state index in [2.05, 4.69) is 31.9 Å². The van der Waals surface area contributed by atoms with Crippen LogP contribution in [0.3, 0.4) is 0 Å². The Balaban J connectivity index is 2.82. The number of hydrogen-bond donors (Lipinski definition) is 1. The highest BCUT2D eigenvalue weighted by Gasteiger charge is 2.06. The van der Waals surface area contributed by atoms with Crippen molar-refractivity contribution in [3.8, 4) is 0 Å². The van der Waals surface area contributed by atoms with E-state index in [1.54, 1.807) is 11.3 Å². The number of aliphatic hydroxyl groups excluding tert-OH is 1. The molecule has 1 heterocycles. The summed E-state index contributed by atoms with van der Waals surface area (Å²) >= 11 is 8.56. The Morgan fingerprint density at radius 1 is 1.31 bits per heavy atom. The maximum absolute atomic E-state index is 9.08. The highest BCUT2D eigenvalue weighted by Crippen LogP contribution is 2.35. The van der Waals surface area contributed by atoms with Crippen molar-refractivity contribution in [2.24, 2.45) is 0 Å². The van der Waals surface area contributed by atoms with Gasteiger partial charge in [-0.1, -0.05) is 15.9 Å². The van der Waals surface area contributed by atoms with Crippen LogP contribution >= 0.6 is 43.2 Å². The number of benzene rings is 1. The van der Waals surface area contributed by atoms with Crippen LogP contribution in [0.25, 0.3) is 10.1 Å². The van der Waals surface area contributed by atoms with Gasteiger partial charge in [0.15, 0.2) is 0 Å². The van der Waals surface area contributed by atoms with Gasteiger partial charge in [-0.15, -0.1) is 11.3 Å². The van der Waals surface area contributed by atoms with E-state index in [4.69, 9.17) is 5.11 Å². The van der Waals surface area contributed by atoms with Gasteiger partial charge < -0.3 is 5.11 Å². The van der Waals surface area contributed by atoms with Gasteiger partial charge in [-0.25, -0.2) is 0 Å². The highest BCUT2D eigenvalue weighted by molar-refractivity contribution is 9.11. The third-order valence-electron chi connectivity index (χ3n) is 1.84. The van der Waals surface area contributed by atoms with Gasteiger partial charge >= 0.3 is 0 Å². The fourth-order valence-corrected chi connectivity index (χ4v) is 3.69. The Morgan fingerprint density at radius 3 is 2.77 bits per heavy atom. The van der Waals surface area contributed by atoms with Gasteiger partial charge in [-0.3, -0.25) is 0 Å². The second kappa shape index (κ2) is 3.69. The van der Waals surface area contributed by atoms with E-state index < -0.39 is 0 Å². The fourth-order valence-electron chi connectivity index (χ4n) is 1.23. The van der Waals surface area contributed by atoms with Crippen LogP contribution in [0.1, 0.15) is 5.56 Å². The zero-order valence-electron chi connectivity index (χ0n) is 6.55. The molecule has 2 aromatic rings. The fraction of sp³-hybridized carbons (Fsp3) is 0.111. The minimum absolute atomic E-state index is 0.100. The number of hydrogen-bond acceptors (Lipinski definition) is 2. The molecule has 1 N–H and O–H groups in total. The maximum Gasteiger partial charge on any atom is 0.0696 e. The van der Waals surface area contributed by atoms with Gasteiger partial charge in [-0.05, 0) is 39.0 Å². The largest absolute Gasteiger partial charge is 0.392 e. The maximum atomic E-state index is 9.08. The van der Waals surface area contributed by atoms with Crippen LogP contribution in [0.15, 0.2) is 26.5 Å². The second-order valence-corrected chi connectivity index (χ2v) is 5.33. The van der Waals surface area contributed by atoms with Crippen molar-refractivity contribution in [2.45, 2.75) is 6.61 Å². The molecule has 13 heavy (non-hydrogen) atoms. The molecule has 0 bridgehead atoms. The lowest BCUT2D eigenvalue weighted by atomic mass is 10.2. The molecule has 1 aromatic heterocycles. The molecule has 0 fully saturated rings. The first-order valence-corrected chi connectivity index (χ1v) is 6.15. The van der Waals surface area contributed by atoms with Gasteiger partial charge in [0.1, 0.15) is 0 Å². The summed E-state index contributed by atoms with van der Waals surface area (Å²) in [4.78, 5) is 0. The van der Waals surface area contributed by atoms with Crippen molar-refractivity contribution in [2.75, 3.05) is 0 Å². The van der Waals surface area contributed by atoms with E-state index in [1.165, 1.54) is 4.70 Å². The molecule has 1 aromatic carbocycles. The molecule has 2 rings (SSSR count). The van der Waals surface area contributed by atoms with Crippen molar-refractivity contribution >= 4 is 53.3 Å². The average molecular weight is 322 g/mol. The molecule has 0 saturated heterocycles. The van der Waals surface area contributed by atoms with E-state index in [-0.39, 0.29) is 6.61 Å². The van der Waals surface area contributed by atoms with E-state index in [9.17, 15) is 0 Å². The Kier molecular flexibility index (Phi) is 2.74. The lowest BCUT2D eigenvalue weighted by Gasteiger charge is -1.97. The van der Waals surface area contributed by atoms with Crippen LogP contribution in [-0.4, -0.2) is 5.11 Å². The van der Waals surface area contributed by atoms with Gasteiger partial charge in [0.05, 0.1) is 6.61 Å². The molecule has 0 spiro atoms. The van der Waals surface area contributed by atoms with Crippen molar-refractivity contribution < 1.29 is 5.11 Å². The van der Waals surface area contributed by atoms with Crippen molar-refractivity contribution in [1.82, 2.24) is 0 Å². The first-order valence-electron chi connectivity index (χ1n) is 3.68. The van der Waals surface area contributed by atoms with E-state index >= 15 is 0 Å². The zero-order chi connectivity index (χ0) is 9.42. The summed E-state index contributed by atoms with van der Waals surface area (Å²) in [6.45, 7) is 0.100. The smallest absolute Gasteiger partial charge is 0.0696 e. The quantitative estimate of drug-likeness (QED) is 0.844. The van der Waals surface area contributed by atoms with Crippen molar-refractivity contribution in [3.63, 3.8) is 0 Å². The molecule has 0 amide bonds. The first-order chi connectivity index (χ1) is 6.22. The number of rotatable bonds is 1. The Labute approximate surface area is 96.6 Å². The molecular formula is C9H6Br2OS. The summed E-state index contributed by atoms with van der Waals surface area (Å²) in [5, 5.41) is 12.2. The lowest BCUT2D eigenvalue weighted by Crippen LogP contribution is -1.78. The monoisotopic (exact) mass is 320 g/mol. The van der Waals surface area contributed by atoms with Crippen LogP contribution in [-0.2, 0) is 6.61 Å². The molecule has 0 aliphatic rings. The summed E-state index contributed by atoms with van der Waals surface area (Å²) < 4.78 is 3.29. The molecule has 1 nitrogen and oxygen atoms in total. The molecule has 68 valence electrons. The van der Waals surface area contributed by atoms with Crippen molar-refractivity contribution in [3.05, 3.63) is 32.0 Å². The van der Waals surface area contributed by atoms with Gasteiger partial charge in [-0.2, -0.15) is 0 Å². The Morgan fingerprint density at radius 2 is 2.08 bits per heavy atom. The third kappa shape index (κ3) is 1.68. The van der Waals surface area contributed by atoms with E-state index in [0.717, 1.165) is 19.9 Å². The molecule has 0 radical (unpaired) electrons. The highest BCUT2D eigenvalue weighted by atomic mass is 79.9. The zero-order valence-corrected chi connectivity index (χ0v) is 10.5. The van der Waals surface area contributed by atoms with Crippen LogP contribution in [0.5, 0.6) is 0 Å². The Hall–Kier alpha value is 0.1000. The third-order valence-corrected chi connectivity index (χ3v) is 4.27. The van der Waals surface area contributed by atoms with E-state index in [1.807, 2.05) is 17.5 Å². The normalized spacial score (nSPS) is 11.0. The SMILES string of the molecule is OCc1csc2c(Br)cc(Br)cc12. The lowest BCUT2D eigenvalue weighted by molar-refractivity contribution is 0.284. The number of aliphatic hydroxyl groups is 1. The van der Waals surface area contributed by atoms with Crippen LogP contribution < -0.4 is 0 Å². The number of halogens is 2. The number of thiophene rings is 1. The summed E-state index contributed by atoms with van der Waals surface area (Å²) in [5.74, 6) is 0. The number of fused-ring (bicyclic) bond motifs is 1. The molecule has 0 aliphatic heterocycles. The molecule has 0 saturated carbocycles. The predicted molar refractivity (Wildman–Crippen MR) is 63.1 cm³/mol. The molecular weight excluding hydrogens is 316 g/mol. The average Bonchev–Trinajstić information content (AvgIpc) is 2.47. The van der Waals surface area contributed by atoms with E-state index in [0.29, 0.717) is 0 Å². The summed E-state index contributed by atoms with van der Waals surface area (Å²) in [7, 11) is 0. The molecule has 0 atom stereocenters. The standard InChI is InChI=1S/C9H6Br2OS/c10-6-1-7-5(3-12)4-13-9(7)8(11)2-6/h1-2,4,12H,3H2. The second-order valence-electron chi connectivity index (χ2n) is 2.68. The van der Waals surface area contributed by atoms with Gasteiger partial charge in [0.25, 0.3) is 0 Å². The minimum Gasteiger partial charge on any atom is -0.392 e. The van der Waals surface area contributed by atoms with Crippen molar-refractivity contribution in [1.29, 1.82) is 0 Å². The molecule has 0 unspecified atom stereocenters. The van der Waals surface area contributed by atoms with Gasteiger partial charge in [0, 0.05) is 19.0 Å².